The Labute approximate surface area is 319 Å². The van der Waals surface area contributed by atoms with Crippen LogP contribution in [0.5, 0.6) is 5.75 Å². The number of benzene rings is 2. The van der Waals surface area contributed by atoms with Gasteiger partial charge in [-0.05, 0) is 103 Å². The minimum atomic E-state index is -2.03. The molecular weight excluding hydrogens is 714 g/mol. The summed E-state index contributed by atoms with van der Waals surface area (Å²) in [6, 6.07) is 11.7. The van der Waals surface area contributed by atoms with E-state index in [1.807, 2.05) is 25.1 Å². The fourth-order valence-electron chi connectivity index (χ4n) is 9.32. The van der Waals surface area contributed by atoms with E-state index in [1.165, 1.54) is 11.1 Å². The Hall–Kier alpha value is -3.16. The van der Waals surface area contributed by atoms with Crippen molar-refractivity contribution in [3.05, 3.63) is 70.3 Å². The lowest BCUT2D eigenvalue weighted by atomic mass is 9.68. The van der Waals surface area contributed by atoms with Gasteiger partial charge in [0.1, 0.15) is 5.75 Å². The predicted molar refractivity (Wildman–Crippen MR) is 205 cm³/mol. The Morgan fingerprint density at radius 3 is 2.72 bits per heavy atom. The Morgan fingerprint density at radius 1 is 1.11 bits per heavy atom. The maximum Gasteiger partial charge on any atom is 0.316 e. The number of fused-ring (bicyclic) bond motifs is 4. The van der Waals surface area contributed by atoms with Crippen molar-refractivity contribution >= 4 is 39.8 Å². The second-order valence-corrected chi connectivity index (χ2v) is 17.6. The molecule has 286 valence electrons. The zero-order valence-corrected chi connectivity index (χ0v) is 32.3. The number of carbonyl (C=O) groups is 2. The monoisotopic (exact) mass is 764 g/mol. The Bertz CT molecular complexity index is 1820. The zero-order chi connectivity index (χ0) is 36.7. The number of morpholine rings is 1. The number of hydrogen-bond acceptors (Lipinski definition) is 9. The van der Waals surface area contributed by atoms with E-state index in [1.54, 1.807) is 18.1 Å². The first-order chi connectivity index (χ1) is 25.7. The van der Waals surface area contributed by atoms with Crippen LogP contribution in [0.3, 0.4) is 0 Å². The van der Waals surface area contributed by atoms with Crippen LogP contribution in [0.2, 0.25) is 5.02 Å². The van der Waals surface area contributed by atoms with Crippen molar-refractivity contribution in [3.8, 4) is 5.75 Å². The highest BCUT2D eigenvalue weighted by Crippen LogP contribution is 2.47. The molecule has 2 saturated heterocycles. The molecule has 1 saturated carbocycles. The number of ether oxygens (including phenoxy) is 3. The van der Waals surface area contributed by atoms with Gasteiger partial charge in [-0.3, -0.25) is 9.69 Å². The molecule has 1 unspecified atom stereocenters. The van der Waals surface area contributed by atoms with E-state index in [9.17, 15) is 13.8 Å². The number of urea groups is 1. The van der Waals surface area contributed by atoms with Crippen molar-refractivity contribution in [2.45, 2.75) is 68.4 Å². The summed E-state index contributed by atoms with van der Waals surface area (Å²) in [6.07, 6.45) is 9.85. The van der Waals surface area contributed by atoms with Crippen LogP contribution in [0.1, 0.15) is 60.5 Å². The van der Waals surface area contributed by atoms with Crippen molar-refractivity contribution in [2.24, 2.45) is 22.1 Å². The van der Waals surface area contributed by atoms with Crippen LogP contribution in [0.4, 0.5) is 10.5 Å². The number of methoxy groups -OCH3 is 1. The molecule has 8 rings (SSSR count). The molecule has 4 aliphatic heterocycles. The quantitative estimate of drug-likeness (QED) is 0.309. The topological polar surface area (TPSA) is 113 Å². The first kappa shape index (κ1) is 36.8. The maximum absolute atomic E-state index is 14.0. The molecule has 53 heavy (non-hydrogen) atoms. The molecule has 1 N–H and O–H groups in total. The minimum Gasteiger partial charge on any atom is -0.490 e. The van der Waals surface area contributed by atoms with Crippen LogP contribution in [0, 0.1) is 17.8 Å². The van der Waals surface area contributed by atoms with Crippen molar-refractivity contribution in [1.82, 2.24) is 15.1 Å². The number of hydrogen-bond donors (Lipinski definition) is 1. The van der Waals surface area contributed by atoms with Crippen LogP contribution in [-0.2, 0) is 36.1 Å². The van der Waals surface area contributed by atoms with Crippen molar-refractivity contribution in [1.29, 1.82) is 0 Å². The van der Waals surface area contributed by atoms with Crippen LogP contribution in [0.25, 0.3) is 0 Å². The van der Waals surface area contributed by atoms with Crippen LogP contribution >= 0.6 is 11.6 Å². The average Bonchev–Trinajstić information content (AvgIpc) is 3.27. The molecule has 2 aliphatic carbocycles. The molecule has 3 amide bonds. The van der Waals surface area contributed by atoms with Crippen molar-refractivity contribution < 1.29 is 28.0 Å². The van der Waals surface area contributed by atoms with Gasteiger partial charge in [0.15, 0.2) is 0 Å². The molecule has 6 aliphatic rings. The van der Waals surface area contributed by atoms with E-state index < -0.39 is 21.9 Å². The van der Waals surface area contributed by atoms with Gasteiger partial charge in [0, 0.05) is 68.4 Å². The van der Waals surface area contributed by atoms with Crippen molar-refractivity contribution in [2.75, 3.05) is 71.1 Å². The summed E-state index contributed by atoms with van der Waals surface area (Å²) in [4.78, 5) is 33.9. The van der Waals surface area contributed by atoms with E-state index in [2.05, 4.69) is 43.8 Å². The van der Waals surface area contributed by atoms with Gasteiger partial charge in [0.25, 0.3) is 5.91 Å². The van der Waals surface area contributed by atoms with Crippen LogP contribution < -0.4 is 15.0 Å². The first-order valence-electron chi connectivity index (χ1n) is 19.3. The largest absolute Gasteiger partial charge is 0.490 e. The van der Waals surface area contributed by atoms with E-state index in [-0.39, 0.29) is 29.5 Å². The van der Waals surface area contributed by atoms with E-state index in [4.69, 9.17) is 25.8 Å². The molecule has 2 aromatic rings. The summed E-state index contributed by atoms with van der Waals surface area (Å²) >= 11 is 6.46. The second kappa shape index (κ2) is 15.5. The van der Waals surface area contributed by atoms with Gasteiger partial charge >= 0.3 is 6.03 Å². The van der Waals surface area contributed by atoms with Crippen LogP contribution in [-0.4, -0.2) is 105 Å². The Morgan fingerprint density at radius 2 is 1.94 bits per heavy atom. The fourth-order valence-corrected chi connectivity index (χ4v) is 10.6. The first-order valence-corrected chi connectivity index (χ1v) is 20.8. The molecule has 6 atom stereocenters. The number of halogens is 1. The lowest BCUT2D eigenvalue weighted by Gasteiger charge is -2.47. The molecule has 3 fully saturated rings. The van der Waals surface area contributed by atoms with Gasteiger partial charge in [0.05, 0.1) is 31.6 Å². The third kappa shape index (κ3) is 7.46. The normalized spacial score (nSPS) is 31.9. The summed E-state index contributed by atoms with van der Waals surface area (Å²) in [5.74, 6) is 0.605. The molecule has 0 aromatic heterocycles. The van der Waals surface area contributed by atoms with E-state index in [0.717, 1.165) is 74.7 Å². The molecule has 1 spiro atoms. The number of nitrogens with one attached hydrogen (secondary N) is 1. The third-order valence-corrected chi connectivity index (χ3v) is 14.2. The third-order valence-electron chi connectivity index (χ3n) is 12.6. The molecule has 2 aromatic carbocycles. The lowest BCUT2D eigenvalue weighted by Crippen LogP contribution is -2.65. The Kier molecular flexibility index (Phi) is 10.8. The second-order valence-electron chi connectivity index (χ2n) is 15.9. The maximum atomic E-state index is 14.0. The number of anilines is 1. The molecule has 2 bridgehead atoms. The number of aryl methyl sites for hydroxylation is 1. The summed E-state index contributed by atoms with van der Waals surface area (Å²) in [6.45, 7) is 8.33. The van der Waals surface area contributed by atoms with Gasteiger partial charge < -0.3 is 37.9 Å². The summed E-state index contributed by atoms with van der Waals surface area (Å²) in [5, 5.41) is 2.90. The van der Waals surface area contributed by atoms with Gasteiger partial charge in [-0.2, -0.15) is 10.6 Å². The Balaban J connectivity index is 1.10. The number of carbonyl (C=O) groups excluding carboxylic acids is 2. The predicted octanol–water partition coefficient (Wildman–Crippen LogP) is 5.79. The van der Waals surface area contributed by atoms with E-state index in [0.29, 0.717) is 56.7 Å². The number of likely N-dealkylation sites (tertiary alicyclic amines) is 1. The molecule has 11 nitrogen and oxygen atoms in total. The average molecular weight is 765 g/mol. The minimum absolute atomic E-state index is 0.0718. The van der Waals surface area contributed by atoms with Crippen molar-refractivity contribution in [3.63, 3.8) is 0 Å². The summed E-state index contributed by atoms with van der Waals surface area (Å²) < 4.78 is 36.5. The zero-order valence-electron chi connectivity index (χ0n) is 30.7. The van der Waals surface area contributed by atoms with Gasteiger partial charge in [-0.1, -0.05) is 36.7 Å². The molecule has 13 heteroatoms. The molecule has 4 heterocycles. The standard InChI is InChI=1S/C40H51ClN5O6S/c1-26-5-3-7-35(50-2)32-11-8-29(32)21-46-24-40(14-4-6-27-19-30(41)10-12-33(27)40)25-52-36-13-9-28(20-34(36)46)37(47)43-53(49)38(26)42-39(48)45-22-31(23-45)44-15-17-51-18-16-44/h3,7,9-10,12-13,19-20,26,29,31-32,35,38H,4-6,8,11,14-18,21-25H2,1-2H3,(H,42,48)/q-1/b7-3+/t26-,29-,32+,35-,38?,40-/m0/s1. The van der Waals surface area contributed by atoms with Gasteiger partial charge in [0.2, 0.25) is 0 Å². The highest BCUT2D eigenvalue weighted by molar-refractivity contribution is 7.75. The highest BCUT2D eigenvalue weighted by Gasteiger charge is 2.44. The molecular formula is C40H51ClN5O6S-. The SMILES string of the molecule is CO[C@H]1/C=C/C[C@H](C)C(NC(=O)N2CC(N3CCOCC3)C2)[S-](=O)=NC(=O)c2ccc3c(c2)N(C[C@@H]2CC[C@H]21)C[C@@]1(CCCc2cc(Cl)ccc21)CO3. The number of allylic oxidation sites excluding steroid dienone is 1. The smallest absolute Gasteiger partial charge is 0.316 e. The van der Waals surface area contributed by atoms with Gasteiger partial charge in [-0.25, -0.2) is 4.79 Å². The molecule has 0 radical (unpaired) electrons. The van der Waals surface area contributed by atoms with Crippen LogP contribution in [0.15, 0.2) is 52.9 Å². The summed E-state index contributed by atoms with van der Waals surface area (Å²) in [5.41, 5.74) is 3.52. The fraction of sp³-hybridized carbons (Fsp3) is 0.600. The van der Waals surface area contributed by atoms with Gasteiger partial charge in [-0.15, -0.1) is 0 Å². The number of rotatable bonds is 3. The summed E-state index contributed by atoms with van der Waals surface area (Å²) in [7, 11) is -0.262. The lowest BCUT2D eigenvalue weighted by molar-refractivity contribution is -0.0204. The number of amides is 3. The number of nitrogens with zero attached hydrogens (tertiary/aromatic N) is 4. The highest BCUT2D eigenvalue weighted by atomic mass is 35.5. The van der Waals surface area contributed by atoms with E-state index >= 15 is 0 Å².